The van der Waals surface area contributed by atoms with Crippen LogP contribution in [0.2, 0.25) is 0 Å². The maximum Gasteiger partial charge on any atom is 0.00668 e. The van der Waals surface area contributed by atoms with Crippen molar-refractivity contribution in [1.82, 2.24) is 4.90 Å². The minimum Gasteiger partial charge on any atom is -0.301 e. The molecule has 1 heteroatoms. The van der Waals surface area contributed by atoms with Gasteiger partial charge in [0.2, 0.25) is 0 Å². The molecular weight excluding hydrogens is 122 g/mol. The molecule has 0 aromatic carbocycles. The van der Waals surface area contributed by atoms with E-state index in [9.17, 15) is 0 Å². The summed E-state index contributed by atoms with van der Waals surface area (Å²) in [6.45, 7) is 7.32. The third-order valence-corrected chi connectivity index (χ3v) is 2.47. The summed E-state index contributed by atoms with van der Waals surface area (Å²) in [7, 11) is 0. The smallest absolute Gasteiger partial charge is 0.00668 e. The lowest BCUT2D eigenvalue weighted by Gasteiger charge is -2.22. The standard InChI is InChI=1S/C9H19N/c1-3-6-9(2)10-7-4-5-8-10/h9H,3-8H2,1-2H3/t9-/m0/s1. The minimum absolute atomic E-state index is 0.840. The second-order valence-corrected chi connectivity index (χ2v) is 3.38. The summed E-state index contributed by atoms with van der Waals surface area (Å²) >= 11 is 0. The summed E-state index contributed by atoms with van der Waals surface area (Å²) in [6, 6.07) is 0.840. The van der Waals surface area contributed by atoms with E-state index in [1.54, 1.807) is 0 Å². The fourth-order valence-corrected chi connectivity index (χ4v) is 1.78. The molecule has 10 heavy (non-hydrogen) atoms. The van der Waals surface area contributed by atoms with Gasteiger partial charge in [-0.2, -0.15) is 0 Å². The first-order valence-electron chi connectivity index (χ1n) is 4.58. The van der Waals surface area contributed by atoms with Gasteiger partial charge in [-0.15, -0.1) is 0 Å². The highest BCUT2D eigenvalue weighted by molar-refractivity contribution is 4.71. The first-order valence-corrected chi connectivity index (χ1v) is 4.58. The molecule has 1 nitrogen and oxygen atoms in total. The predicted molar refractivity (Wildman–Crippen MR) is 45.2 cm³/mol. The van der Waals surface area contributed by atoms with Crippen LogP contribution in [0, 0.1) is 0 Å². The number of nitrogens with zero attached hydrogens (tertiary/aromatic N) is 1. The largest absolute Gasteiger partial charge is 0.301 e. The van der Waals surface area contributed by atoms with E-state index < -0.39 is 0 Å². The molecule has 0 bridgehead atoms. The summed E-state index contributed by atoms with van der Waals surface area (Å²) < 4.78 is 0. The molecule has 1 atom stereocenters. The Kier molecular flexibility index (Phi) is 3.20. The topological polar surface area (TPSA) is 3.24 Å². The molecule has 0 spiro atoms. The third kappa shape index (κ3) is 1.98. The monoisotopic (exact) mass is 141 g/mol. The Morgan fingerprint density at radius 3 is 2.40 bits per heavy atom. The van der Waals surface area contributed by atoms with Gasteiger partial charge in [0.25, 0.3) is 0 Å². The van der Waals surface area contributed by atoms with Crippen molar-refractivity contribution in [3.8, 4) is 0 Å². The van der Waals surface area contributed by atoms with Crippen LogP contribution in [0.1, 0.15) is 39.5 Å². The molecule has 1 rings (SSSR count). The Balaban J connectivity index is 2.18. The van der Waals surface area contributed by atoms with Gasteiger partial charge < -0.3 is 4.90 Å². The molecule has 0 aromatic rings. The van der Waals surface area contributed by atoms with Crippen LogP contribution in [-0.2, 0) is 0 Å². The molecule has 0 aliphatic carbocycles. The SMILES string of the molecule is CCC[C@H](C)N1CCCC1. The van der Waals surface area contributed by atoms with E-state index in [4.69, 9.17) is 0 Å². The molecule has 60 valence electrons. The van der Waals surface area contributed by atoms with Crippen molar-refractivity contribution in [2.24, 2.45) is 0 Å². The van der Waals surface area contributed by atoms with E-state index >= 15 is 0 Å². The van der Waals surface area contributed by atoms with E-state index in [0.29, 0.717) is 0 Å². The van der Waals surface area contributed by atoms with Crippen molar-refractivity contribution in [2.75, 3.05) is 13.1 Å². The normalized spacial score (nSPS) is 23.4. The van der Waals surface area contributed by atoms with Crippen molar-refractivity contribution >= 4 is 0 Å². The van der Waals surface area contributed by atoms with Gasteiger partial charge in [-0.25, -0.2) is 0 Å². The first-order chi connectivity index (χ1) is 4.84. The van der Waals surface area contributed by atoms with Crippen LogP contribution >= 0.6 is 0 Å². The second-order valence-electron chi connectivity index (χ2n) is 3.38. The fraction of sp³-hybridized carbons (Fsp3) is 1.00. The van der Waals surface area contributed by atoms with Crippen molar-refractivity contribution in [3.05, 3.63) is 0 Å². The molecule has 1 saturated heterocycles. The number of hydrogen-bond acceptors (Lipinski definition) is 1. The molecule has 0 unspecified atom stereocenters. The van der Waals surface area contributed by atoms with Crippen LogP contribution in [0.25, 0.3) is 0 Å². The van der Waals surface area contributed by atoms with Gasteiger partial charge in [-0.3, -0.25) is 0 Å². The van der Waals surface area contributed by atoms with E-state index in [1.807, 2.05) is 0 Å². The van der Waals surface area contributed by atoms with Crippen molar-refractivity contribution in [1.29, 1.82) is 0 Å². The van der Waals surface area contributed by atoms with Crippen LogP contribution in [-0.4, -0.2) is 24.0 Å². The molecule has 0 saturated carbocycles. The lowest BCUT2D eigenvalue weighted by molar-refractivity contribution is 0.246. The molecular formula is C9H19N. The summed E-state index contributed by atoms with van der Waals surface area (Å²) in [5.41, 5.74) is 0. The van der Waals surface area contributed by atoms with Crippen LogP contribution in [0.5, 0.6) is 0 Å². The predicted octanol–water partition coefficient (Wildman–Crippen LogP) is 2.27. The van der Waals surface area contributed by atoms with Gasteiger partial charge >= 0.3 is 0 Å². The van der Waals surface area contributed by atoms with Gasteiger partial charge in [0.05, 0.1) is 0 Å². The molecule has 1 aliphatic rings. The average Bonchev–Trinajstić information content (AvgIpc) is 2.38. The Labute approximate surface area is 64.4 Å². The highest BCUT2D eigenvalue weighted by Crippen LogP contribution is 2.14. The lowest BCUT2D eigenvalue weighted by Crippen LogP contribution is -2.29. The van der Waals surface area contributed by atoms with E-state index in [0.717, 1.165) is 6.04 Å². The Morgan fingerprint density at radius 2 is 1.90 bits per heavy atom. The van der Waals surface area contributed by atoms with Crippen LogP contribution in [0.15, 0.2) is 0 Å². The Morgan fingerprint density at radius 1 is 1.30 bits per heavy atom. The minimum atomic E-state index is 0.840. The van der Waals surface area contributed by atoms with Crippen molar-refractivity contribution < 1.29 is 0 Å². The van der Waals surface area contributed by atoms with Gasteiger partial charge in [0.15, 0.2) is 0 Å². The van der Waals surface area contributed by atoms with E-state index in [2.05, 4.69) is 18.7 Å². The summed E-state index contributed by atoms with van der Waals surface area (Å²) in [5.74, 6) is 0. The molecule has 0 amide bonds. The van der Waals surface area contributed by atoms with Gasteiger partial charge in [0.1, 0.15) is 0 Å². The number of hydrogen-bond donors (Lipinski definition) is 0. The summed E-state index contributed by atoms with van der Waals surface area (Å²) in [5, 5.41) is 0. The van der Waals surface area contributed by atoms with Crippen LogP contribution in [0.3, 0.4) is 0 Å². The zero-order valence-electron chi connectivity index (χ0n) is 7.27. The molecule has 0 aromatic heterocycles. The van der Waals surface area contributed by atoms with Crippen LogP contribution in [0.4, 0.5) is 0 Å². The zero-order chi connectivity index (χ0) is 7.40. The van der Waals surface area contributed by atoms with Gasteiger partial charge in [0, 0.05) is 6.04 Å². The lowest BCUT2D eigenvalue weighted by atomic mass is 10.2. The second kappa shape index (κ2) is 3.97. The average molecular weight is 141 g/mol. The quantitative estimate of drug-likeness (QED) is 0.583. The Hall–Kier alpha value is -0.0400. The number of rotatable bonds is 3. The molecule has 1 heterocycles. The Bertz CT molecular complexity index is 84.7. The maximum absolute atomic E-state index is 2.61. The molecule has 1 fully saturated rings. The molecule has 1 aliphatic heterocycles. The molecule has 0 N–H and O–H groups in total. The van der Waals surface area contributed by atoms with E-state index in [1.165, 1.54) is 38.8 Å². The first kappa shape index (κ1) is 8.06. The van der Waals surface area contributed by atoms with Crippen molar-refractivity contribution in [2.45, 2.75) is 45.6 Å². The highest BCUT2D eigenvalue weighted by atomic mass is 15.2. The summed E-state index contributed by atoms with van der Waals surface area (Å²) in [6.07, 6.45) is 5.56. The third-order valence-electron chi connectivity index (χ3n) is 2.47. The summed E-state index contributed by atoms with van der Waals surface area (Å²) in [4.78, 5) is 2.61. The van der Waals surface area contributed by atoms with Crippen molar-refractivity contribution in [3.63, 3.8) is 0 Å². The molecule has 0 radical (unpaired) electrons. The van der Waals surface area contributed by atoms with E-state index in [-0.39, 0.29) is 0 Å². The maximum atomic E-state index is 2.61. The number of likely N-dealkylation sites (tertiary alicyclic amines) is 1. The highest BCUT2D eigenvalue weighted by Gasteiger charge is 2.16. The van der Waals surface area contributed by atoms with Gasteiger partial charge in [-0.1, -0.05) is 13.3 Å². The van der Waals surface area contributed by atoms with Crippen LogP contribution < -0.4 is 0 Å². The van der Waals surface area contributed by atoms with Gasteiger partial charge in [-0.05, 0) is 39.3 Å². The fourth-order valence-electron chi connectivity index (χ4n) is 1.78. The zero-order valence-corrected chi connectivity index (χ0v) is 7.27.